The average Bonchev–Trinajstić information content (AvgIpc) is 2.84. The Morgan fingerprint density at radius 3 is 2.56 bits per heavy atom. The summed E-state index contributed by atoms with van der Waals surface area (Å²) in [5.41, 5.74) is 2.48. The molecule has 0 saturated heterocycles. The van der Waals surface area contributed by atoms with Crippen LogP contribution < -0.4 is 0 Å². The largest absolute Gasteiger partial charge is 0.281 e. The van der Waals surface area contributed by atoms with Crippen LogP contribution >= 0.6 is 0 Å². The van der Waals surface area contributed by atoms with E-state index >= 15 is 0 Å². The fourth-order valence-electron chi connectivity index (χ4n) is 2.64. The highest BCUT2D eigenvalue weighted by Gasteiger charge is 2.27. The summed E-state index contributed by atoms with van der Waals surface area (Å²) < 4.78 is 0. The molecule has 1 aromatic rings. The van der Waals surface area contributed by atoms with E-state index in [1.54, 1.807) is 0 Å². The van der Waals surface area contributed by atoms with Gasteiger partial charge in [0.1, 0.15) is 0 Å². The van der Waals surface area contributed by atoms with Crippen LogP contribution in [0.4, 0.5) is 0 Å². The molecular formula is C16H28N2. The highest BCUT2D eigenvalue weighted by atomic mass is 15.1. The molecule has 0 spiro atoms. The molecule has 1 atom stereocenters. The summed E-state index contributed by atoms with van der Waals surface area (Å²) in [6.07, 6.45) is 10.8. The van der Waals surface area contributed by atoms with Crippen molar-refractivity contribution in [2.24, 2.45) is 0 Å². The Bertz CT molecular complexity index is 354. The van der Waals surface area contributed by atoms with Crippen molar-refractivity contribution in [3.05, 3.63) is 24.0 Å². The standard InChI is InChI=1S/C16H28N2/c1-5-8-9-10-12-16(4,11-6-2)15-13-14(7-3)17-18-15/h7,13H,3,5-6,8-12H2,1-2,4H3,(H,17,18). The van der Waals surface area contributed by atoms with Crippen molar-refractivity contribution < 1.29 is 0 Å². The van der Waals surface area contributed by atoms with Gasteiger partial charge in [-0.05, 0) is 25.0 Å². The fraction of sp³-hybridized carbons (Fsp3) is 0.688. The van der Waals surface area contributed by atoms with E-state index in [9.17, 15) is 0 Å². The van der Waals surface area contributed by atoms with Gasteiger partial charge in [0.05, 0.1) is 5.69 Å². The molecule has 1 rings (SSSR count). The molecular weight excluding hydrogens is 220 g/mol. The van der Waals surface area contributed by atoms with E-state index in [1.807, 2.05) is 6.08 Å². The van der Waals surface area contributed by atoms with E-state index in [0.29, 0.717) is 0 Å². The lowest BCUT2D eigenvalue weighted by molar-refractivity contribution is 0.367. The van der Waals surface area contributed by atoms with E-state index in [4.69, 9.17) is 0 Å². The second-order valence-electron chi connectivity index (χ2n) is 5.53. The maximum atomic E-state index is 4.28. The zero-order valence-corrected chi connectivity index (χ0v) is 12.3. The van der Waals surface area contributed by atoms with Gasteiger partial charge in [0.25, 0.3) is 0 Å². The Kier molecular flexibility index (Phi) is 6.17. The first-order valence-corrected chi connectivity index (χ1v) is 7.34. The molecule has 0 radical (unpaired) electrons. The molecule has 2 heteroatoms. The Morgan fingerprint density at radius 1 is 1.22 bits per heavy atom. The smallest absolute Gasteiger partial charge is 0.0845 e. The number of nitrogens with one attached hydrogen (secondary N) is 1. The van der Waals surface area contributed by atoms with Crippen LogP contribution in [0.5, 0.6) is 0 Å². The Morgan fingerprint density at radius 2 is 2.00 bits per heavy atom. The van der Waals surface area contributed by atoms with Crippen LogP contribution in [0.25, 0.3) is 6.08 Å². The molecule has 0 amide bonds. The topological polar surface area (TPSA) is 28.7 Å². The molecule has 18 heavy (non-hydrogen) atoms. The molecule has 0 aliphatic carbocycles. The summed E-state index contributed by atoms with van der Waals surface area (Å²) in [4.78, 5) is 0. The maximum absolute atomic E-state index is 4.28. The second-order valence-corrected chi connectivity index (χ2v) is 5.53. The maximum Gasteiger partial charge on any atom is 0.0845 e. The minimum absolute atomic E-state index is 0.247. The quantitative estimate of drug-likeness (QED) is 0.606. The molecule has 2 nitrogen and oxygen atoms in total. The monoisotopic (exact) mass is 248 g/mol. The van der Waals surface area contributed by atoms with Crippen LogP contribution in [0.15, 0.2) is 12.6 Å². The van der Waals surface area contributed by atoms with Gasteiger partial charge >= 0.3 is 0 Å². The third-order valence-electron chi connectivity index (χ3n) is 3.84. The van der Waals surface area contributed by atoms with Crippen LogP contribution in [-0.2, 0) is 5.41 Å². The fourth-order valence-corrected chi connectivity index (χ4v) is 2.64. The number of rotatable bonds is 9. The summed E-state index contributed by atoms with van der Waals surface area (Å²) >= 11 is 0. The summed E-state index contributed by atoms with van der Waals surface area (Å²) in [6.45, 7) is 10.7. The number of aromatic nitrogens is 2. The first-order chi connectivity index (χ1) is 8.66. The lowest BCUT2D eigenvalue weighted by atomic mass is 9.77. The van der Waals surface area contributed by atoms with Crippen molar-refractivity contribution in [2.75, 3.05) is 0 Å². The van der Waals surface area contributed by atoms with Crippen molar-refractivity contribution in [3.63, 3.8) is 0 Å². The van der Waals surface area contributed by atoms with Crippen LogP contribution in [0.3, 0.4) is 0 Å². The Labute approximate surface area is 112 Å². The van der Waals surface area contributed by atoms with Gasteiger partial charge in [0.15, 0.2) is 0 Å². The predicted octanol–water partition coefficient (Wildman–Crippen LogP) is 5.08. The minimum atomic E-state index is 0.247. The van der Waals surface area contributed by atoms with E-state index in [2.05, 4.69) is 43.6 Å². The highest BCUT2D eigenvalue weighted by Crippen LogP contribution is 2.33. The number of hydrogen-bond donors (Lipinski definition) is 1. The Balaban J connectivity index is 2.68. The molecule has 0 aliphatic rings. The highest BCUT2D eigenvalue weighted by molar-refractivity contribution is 5.42. The first-order valence-electron chi connectivity index (χ1n) is 7.34. The zero-order chi connectivity index (χ0) is 13.4. The number of nitrogens with zero attached hydrogens (tertiary/aromatic N) is 1. The van der Waals surface area contributed by atoms with Crippen molar-refractivity contribution in [2.45, 2.75) is 71.1 Å². The third kappa shape index (κ3) is 4.01. The Hall–Kier alpha value is -1.05. The predicted molar refractivity (Wildman–Crippen MR) is 79.7 cm³/mol. The lowest BCUT2D eigenvalue weighted by Crippen LogP contribution is -2.22. The van der Waals surface area contributed by atoms with Gasteiger partial charge in [0.2, 0.25) is 0 Å². The molecule has 0 bridgehead atoms. The van der Waals surface area contributed by atoms with Crippen molar-refractivity contribution in [1.82, 2.24) is 10.2 Å². The van der Waals surface area contributed by atoms with Crippen molar-refractivity contribution >= 4 is 6.08 Å². The molecule has 1 N–H and O–H groups in total. The summed E-state index contributed by atoms with van der Waals surface area (Å²) in [5, 5.41) is 7.49. The minimum Gasteiger partial charge on any atom is -0.281 e. The number of hydrogen-bond acceptors (Lipinski definition) is 1. The summed E-state index contributed by atoms with van der Waals surface area (Å²) in [7, 11) is 0. The molecule has 102 valence electrons. The molecule has 1 aromatic heterocycles. The molecule has 1 unspecified atom stereocenters. The molecule has 0 aromatic carbocycles. The average molecular weight is 248 g/mol. The van der Waals surface area contributed by atoms with Gasteiger partial charge in [-0.15, -0.1) is 0 Å². The number of H-pyrrole nitrogens is 1. The van der Waals surface area contributed by atoms with E-state index < -0.39 is 0 Å². The number of aromatic amines is 1. The van der Waals surface area contributed by atoms with E-state index in [1.165, 1.54) is 50.6 Å². The van der Waals surface area contributed by atoms with Gasteiger partial charge in [0, 0.05) is 11.1 Å². The summed E-state index contributed by atoms with van der Waals surface area (Å²) in [5.74, 6) is 0. The van der Waals surface area contributed by atoms with Gasteiger partial charge in [-0.2, -0.15) is 5.10 Å². The van der Waals surface area contributed by atoms with Crippen LogP contribution in [0.2, 0.25) is 0 Å². The van der Waals surface area contributed by atoms with Crippen molar-refractivity contribution in [1.29, 1.82) is 0 Å². The normalized spacial score (nSPS) is 14.4. The van der Waals surface area contributed by atoms with Crippen LogP contribution in [0.1, 0.15) is 77.1 Å². The van der Waals surface area contributed by atoms with E-state index in [-0.39, 0.29) is 5.41 Å². The van der Waals surface area contributed by atoms with Gasteiger partial charge in [-0.1, -0.05) is 59.5 Å². The van der Waals surface area contributed by atoms with Gasteiger partial charge < -0.3 is 0 Å². The molecule has 0 fully saturated rings. The first kappa shape index (κ1) is 15.0. The lowest BCUT2D eigenvalue weighted by Gasteiger charge is -2.28. The molecule has 1 heterocycles. The second kappa shape index (κ2) is 7.40. The zero-order valence-electron chi connectivity index (χ0n) is 12.3. The van der Waals surface area contributed by atoms with Crippen molar-refractivity contribution in [3.8, 4) is 0 Å². The molecule has 0 saturated carbocycles. The SMILES string of the molecule is C=Cc1cc(C(C)(CCC)CCCCCC)[nH]n1. The number of unbranched alkanes of at least 4 members (excludes halogenated alkanes) is 3. The van der Waals surface area contributed by atoms with Crippen LogP contribution in [0, 0.1) is 0 Å². The van der Waals surface area contributed by atoms with Gasteiger partial charge in [-0.3, -0.25) is 5.10 Å². The van der Waals surface area contributed by atoms with Crippen LogP contribution in [-0.4, -0.2) is 10.2 Å². The van der Waals surface area contributed by atoms with Gasteiger partial charge in [-0.25, -0.2) is 0 Å². The molecule has 0 aliphatic heterocycles. The third-order valence-corrected chi connectivity index (χ3v) is 3.84. The van der Waals surface area contributed by atoms with E-state index in [0.717, 1.165) is 5.69 Å². The summed E-state index contributed by atoms with van der Waals surface area (Å²) in [6, 6.07) is 2.16.